The lowest BCUT2D eigenvalue weighted by Gasteiger charge is -2.32. The molecule has 1 atom stereocenters. The van der Waals surface area contributed by atoms with E-state index in [1.807, 2.05) is 0 Å². The molecular weight excluding hydrogens is 443 g/mol. The molecule has 0 spiro atoms. The molecule has 1 saturated carbocycles. The Labute approximate surface area is 209 Å². The van der Waals surface area contributed by atoms with E-state index >= 15 is 0 Å². The lowest BCUT2D eigenvalue weighted by molar-refractivity contribution is -0.120. The van der Waals surface area contributed by atoms with Gasteiger partial charge < -0.3 is 15.0 Å². The van der Waals surface area contributed by atoms with Gasteiger partial charge in [0.15, 0.2) is 0 Å². The zero-order valence-electron chi connectivity index (χ0n) is 21.3. The minimum absolute atomic E-state index is 0.0450. The summed E-state index contributed by atoms with van der Waals surface area (Å²) < 4.78 is 20.8. The maximum Gasteiger partial charge on any atom is 0.241 e. The number of halogens is 1. The second kappa shape index (κ2) is 14.1. The smallest absolute Gasteiger partial charge is 0.241 e. The van der Waals surface area contributed by atoms with E-state index in [2.05, 4.69) is 40.7 Å². The van der Waals surface area contributed by atoms with Gasteiger partial charge in [0, 0.05) is 50.4 Å². The predicted molar refractivity (Wildman–Crippen MR) is 141 cm³/mol. The number of carbonyl (C=O) groups is 1. The maximum atomic E-state index is 15.0. The monoisotopic (exact) mass is 484 g/mol. The average molecular weight is 485 g/mol. The number of nitrogens with zero attached hydrogens (tertiary/aromatic N) is 3. The van der Waals surface area contributed by atoms with E-state index in [9.17, 15) is 9.18 Å². The second-order valence-electron chi connectivity index (χ2n) is 9.69. The van der Waals surface area contributed by atoms with Crippen LogP contribution in [-0.4, -0.2) is 80.4 Å². The minimum Gasteiger partial charge on any atom is -0.492 e. The number of allylic oxidation sites excluding steroid dienone is 3. The molecule has 192 valence electrons. The van der Waals surface area contributed by atoms with Crippen molar-refractivity contribution in [2.45, 2.75) is 45.1 Å². The number of ether oxygens (including phenoxy) is 1. The topological polar surface area (TPSA) is 57.2 Å². The second-order valence-corrected chi connectivity index (χ2v) is 9.69. The van der Waals surface area contributed by atoms with E-state index in [0.717, 1.165) is 45.6 Å². The number of rotatable bonds is 11. The lowest BCUT2D eigenvalue weighted by atomic mass is 9.84. The third-order valence-electron chi connectivity index (χ3n) is 7.02. The molecule has 0 unspecified atom stereocenters. The van der Waals surface area contributed by atoms with E-state index in [4.69, 9.17) is 4.74 Å². The van der Waals surface area contributed by atoms with E-state index < -0.39 is 5.82 Å². The standard InChI is InChI=1S/C28H41FN4O2/c1-4-5-11-27(30-21-28(34)31-22(2)23-9-7-6-8-10-23)25-13-12-24(20-26(25)29)35-19-18-33-16-14-32(3)15-17-33/h4-5,11-13,20,22-23H,1,6-10,14-19,21H2,2-3H3,(H,31,34)/b11-5-,30-27+/t22-/m0/s1. The summed E-state index contributed by atoms with van der Waals surface area (Å²) in [6.45, 7) is 11.2. The molecule has 3 rings (SSSR count). The van der Waals surface area contributed by atoms with Gasteiger partial charge in [0.25, 0.3) is 0 Å². The molecule has 1 aliphatic carbocycles. The molecule has 1 amide bonds. The highest BCUT2D eigenvalue weighted by molar-refractivity contribution is 6.09. The summed E-state index contributed by atoms with van der Waals surface area (Å²) in [5.41, 5.74) is 0.745. The van der Waals surface area contributed by atoms with Crippen molar-refractivity contribution in [2.24, 2.45) is 10.9 Å². The van der Waals surface area contributed by atoms with Crippen molar-refractivity contribution in [1.82, 2.24) is 15.1 Å². The van der Waals surface area contributed by atoms with Crippen LogP contribution in [-0.2, 0) is 4.79 Å². The molecule has 6 nitrogen and oxygen atoms in total. The Hall–Kier alpha value is -2.51. The van der Waals surface area contributed by atoms with Crippen LogP contribution < -0.4 is 10.1 Å². The normalized spacial score (nSPS) is 19.6. The van der Waals surface area contributed by atoms with Crippen molar-refractivity contribution in [3.05, 3.63) is 54.4 Å². The molecule has 35 heavy (non-hydrogen) atoms. The van der Waals surface area contributed by atoms with Crippen LogP contribution in [0, 0.1) is 11.7 Å². The highest BCUT2D eigenvalue weighted by Gasteiger charge is 2.21. The lowest BCUT2D eigenvalue weighted by Crippen LogP contribution is -2.45. The average Bonchev–Trinajstić information content (AvgIpc) is 2.86. The van der Waals surface area contributed by atoms with Crippen LogP contribution in [0.2, 0.25) is 0 Å². The van der Waals surface area contributed by atoms with Gasteiger partial charge in [-0.3, -0.25) is 14.7 Å². The van der Waals surface area contributed by atoms with Crippen LogP contribution in [0.4, 0.5) is 4.39 Å². The van der Waals surface area contributed by atoms with Gasteiger partial charge in [-0.1, -0.05) is 38.0 Å². The summed E-state index contributed by atoms with van der Waals surface area (Å²) in [4.78, 5) is 21.6. The van der Waals surface area contributed by atoms with E-state index in [0.29, 0.717) is 29.5 Å². The third kappa shape index (κ3) is 8.89. The summed E-state index contributed by atoms with van der Waals surface area (Å²) in [7, 11) is 2.13. The fourth-order valence-corrected chi connectivity index (χ4v) is 4.75. The molecular formula is C28H41FN4O2. The molecule has 1 aromatic carbocycles. The Kier molecular flexibility index (Phi) is 10.9. The first kappa shape index (κ1) is 27.1. The molecule has 7 heteroatoms. The van der Waals surface area contributed by atoms with Crippen LogP contribution in [0.3, 0.4) is 0 Å². The summed E-state index contributed by atoms with van der Waals surface area (Å²) >= 11 is 0. The zero-order chi connectivity index (χ0) is 25.0. The number of hydrogen-bond donors (Lipinski definition) is 1. The van der Waals surface area contributed by atoms with Gasteiger partial charge in [-0.15, -0.1) is 0 Å². The summed E-state index contributed by atoms with van der Waals surface area (Å²) in [5, 5.41) is 3.08. The summed E-state index contributed by atoms with van der Waals surface area (Å²) in [5.74, 6) is 0.451. The van der Waals surface area contributed by atoms with Crippen molar-refractivity contribution in [1.29, 1.82) is 0 Å². The first-order valence-electron chi connectivity index (χ1n) is 12.9. The number of nitrogens with one attached hydrogen (secondary N) is 1. The van der Waals surface area contributed by atoms with Crippen molar-refractivity contribution < 1.29 is 13.9 Å². The summed E-state index contributed by atoms with van der Waals surface area (Å²) in [6.07, 6.45) is 11.0. The van der Waals surface area contributed by atoms with Gasteiger partial charge in [0.1, 0.15) is 24.7 Å². The highest BCUT2D eigenvalue weighted by Crippen LogP contribution is 2.26. The van der Waals surface area contributed by atoms with Gasteiger partial charge >= 0.3 is 0 Å². The Balaban J connectivity index is 1.56. The minimum atomic E-state index is -0.425. The number of amides is 1. The fourth-order valence-electron chi connectivity index (χ4n) is 4.75. The van der Waals surface area contributed by atoms with Gasteiger partial charge in [-0.05, 0) is 50.9 Å². The van der Waals surface area contributed by atoms with Gasteiger partial charge in [0.2, 0.25) is 5.91 Å². The van der Waals surface area contributed by atoms with Crippen LogP contribution in [0.5, 0.6) is 5.75 Å². The molecule has 2 fully saturated rings. The van der Waals surface area contributed by atoms with Crippen LogP contribution >= 0.6 is 0 Å². The molecule has 1 aromatic rings. The van der Waals surface area contributed by atoms with Crippen molar-refractivity contribution >= 4 is 11.6 Å². The SMILES string of the molecule is C=C/C=C\C(=N/CC(=O)N[C@@H](C)C1CCCCC1)c1ccc(OCCN2CCN(C)CC2)cc1F. The number of piperazine rings is 1. The first-order valence-corrected chi connectivity index (χ1v) is 12.9. The Morgan fingerprint density at radius 1 is 1.26 bits per heavy atom. The molecule has 1 aliphatic heterocycles. The van der Waals surface area contributed by atoms with Gasteiger partial charge in [0.05, 0.1) is 5.71 Å². The largest absolute Gasteiger partial charge is 0.492 e. The zero-order valence-corrected chi connectivity index (χ0v) is 21.3. The Morgan fingerprint density at radius 2 is 2.00 bits per heavy atom. The Bertz CT molecular complexity index is 887. The number of hydrogen-bond acceptors (Lipinski definition) is 5. The van der Waals surface area contributed by atoms with Gasteiger partial charge in [-0.25, -0.2) is 4.39 Å². The maximum absolute atomic E-state index is 15.0. The molecule has 2 aliphatic rings. The molecule has 1 heterocycles. The molecule has 0 radical (unpaired) electrons. The highest BCUT2D eigenvalue weighted by atomic mass is 19.1. The quantitative estimate of drug-likeness (QED) is 0.380. The number of aliphatic imine (C=N–C) groups is 1. The third-order valence-corrected chi connectivity index (χ3v) is 7.02. The number of carbonyl (C=O) groups excluding carboxylic acids is 1. The van der Waals surface area contributed by atoms with E-state index in [1.165, 1.54) is 25.3 Å². The van der Waals surface area contributed by atoms with Crippen LogP contribution in [0.15, 0.2) is 48.0 Å². The molecule has 1 saturated heterocycles. The van der Waals surface area contributed by atoms with Crippen LogP contribution in [0.1, 0.15) is 44.6 Å². The molecule has 0 aromatic heterocycles. The van der Waals surface area contributed by atoms with Crippen molar-refractivity contribution in [2.75, 3.05) is 52.9 Å². The van der Waals surface area contributed by atoms with Crippen molar-refractivity contribution in [3.63, 3.8) is 0 Å². The van der Waals surface area contributed by atoms with E-state index in [-0.39, 0.29) is 18.5 Å². The van der Waals surface area contributed by atoms with Gasteiger partial charge in [-0.2, -0.15) is 0 Å². The molecule has 0 bridgehead atoms. The Morgan fingerprint density at radius 3 is 2.69 bits per heavy atom. The number of likely N-dealkylation sites (N-methyl/N-ethyl adjacent to an activating group) is 1. The first-order chi connectivity index (χ1) is 17.0. The fraction of sp³-hybridized carbons (Fsp3) is 0.571. The van der Waals surface area contributed by atoms with Crippen LogP contribution in [0.25, 0.3) is 0 Å². The van der Waals surface area contributed by atoms with Crippen molar-refractivity contribution in [3.8, 4) is 5.75 Å². The summed E-state index contributed by atoms with van der Waals surface area (Å²) in [6, 6.07) is 4.94. The number of benzene rings is 1. The van der Waals surface area contributed by atoms with E-state index in [1.54, 1.807) is 30.4 Å². The molecule has 1 N–H and O–H groups in total. The predicted octanol–water partition coefficient (Wildman–Crippen LogP) is 4.07.